The fraction of sp³-hybridized carbons (Fsp3) is 0.500. The van der Waals surface area contributed by atoms with Gasteiger partial charge in [0.2, 0.25) is 10.0 Å². The van der Waals surface area contributed by atoms with E-state index in [1.807, 2.05) is 0 Å². The summed E-state index contributed by atoms with van der Waals surface area (Å²) in [7, 11) is -4.01. The lowest BCUT2D eigenvalue weighted by Crippen LogP contribution is -2.36. The minimum Gasteiger partial charge on any atom is -0.208 e. The SMILES string of the molecule is CC(C)[C@H](C)NS(=O)(=O)c1ccc(Cl)c(C(F)(F)F)c1. The van der Waals surface area contributed by atoms with E-state index in [9.17, 15) is 21.6 Å². The van der Waals surface area contributed by atoms with Gasteiger partial charge in [0.05, 0.1) is 15.5 Å². The molecule has 0 amide bonds. The minimum absolute atomic E-state index is 0.0131. The molecule has 1 atom stereocenters. The molecule has 0 fully saturated rings. The lowest BCUT2D eigenvalue weighted by molar-refractivity contribution is -0.137. The van der Waals surface area contributed by atoms with Crippen LogP contribution >= 0.6 is 11.6 Å². The first-order chi connectivity index (χ1) is 8.95. The van der Waals surface area contributed by atoms with E-state index in [2.05, 4.69) is 4.72 Å². The summed E-state index contributed by atoms with van der Waals surface area (Å²) in [4.78, 5) is -0.457. The average Bonchev–Trinajstić information content (AvgIpc) is 2.26. The van der Waals surface area contributed by atoms with Gasteiger partial charge in [-0.05, 0) is 31.0 Å². The Kier molecular flexibility index (Phi) is 5.10. The van der Waals surface area contributed by atoms with Crippen molar-refractivity contribution in [2.24, 2.45) is 5.92 Å². The number of halogens is 4. The summed E-state index contributed by atoms with van der Waals surface area (Å²) in [5.41, 5.74) is -1.17. The van der Waals surface area contributed by atoms with E-state index in [1.165, 1.54) is 0 Å². The van der Waals surface area contributed by atoms with Crippen LogP contribution in [-0.2, 0) is 16.2 Å². The zero-order chi connectivity index (χ0) is 15.7. The molecule has 1 N–H and O–H groups in total. The van der Waals surface area contributed by atoms with Crippen LogP contribution in [0, 0.1) is 5.92 Å². The number of hydrogen-bond acceptors (Lipinski definition) is 2. The van der Waals surface area contributed by atoms with Crippen LogP contribution in [0.2, 0.25) is 5.02 Å². The maximum Gasteiger partial charge on any atom is 0.417 e. The van der Waals surface area contributed by atoms with Gasteiger partial charge in [-0.15, -0.1) is 0 Å². The van der Waals surface area contributed by atoms with Crippen molar-refractivity contribution in [2.45, 2.75) is 37.9 Å². The molecule has 0 heterocycles. The number of rotatable bonds is 4. The predicted octanol–water partition coefficient (Wildman–Crippen LogP) is 3.68. The largest absolute Gasteiger partial charge is 0.417 e. The Morgan fingerprint density at radius 2 is 1.75 bits per heavy atom. The third-order valence-electron chi connectivity index (χ3n) is 2.89. The van der Waals surface area contributed by atoms with Crippen molar-refractivity contribution >= 4 is 21.6 Å². The zero-order valence-corrected chi connectivity index (χ0v) is 12.7. The van der Waals surface area contributed by atoms with Crippen LogP contribution in [0.1, 0.15) is 26.3 Å². The van der Waals surface area contributed by atoms with E-state index in [-0.39, 0.29) is 5.92 Å². The number of hydrogen-bond donors (Lipinski definition) is 1. The lowest BCUT2D eigenvalue weighted by atomic mass is 10.1. The van der Waals surface area contributed by atoms with Gasteiger partial charge in [-0.2, -0.15) is 13.2 Å². The number of alkyl halides is 3. The van der Waals surface area contributed by atoms with Gasteiger partial charge in [0, 0.05) is 6.04 Å². The van der Waals surface area contributed by atoms with E-state index in [1.54, 1.807) is 20.8 Å². The van der Waals surface area contributed by atoms with E-state index in [4.69, 9.17) is 11.6 Å². The van der Waals surface area contributed by atoms with Gasteiger partial charge in [-0.3, -0.25) is 0 Å². The van der Waals surface area contributed by atoms with Crippen LogP contribution in [0.25, 0.3) is 0 Å². The molecule has 0 saturated carbocycles. The van der Waals surface area contributed by atoms with Gasteiger partial charge < -0.3 is 0 Å². The first kappa shape index (κ1) is 17.3. The molecule has 20 heavy (non-hydrogen) atoms. The van der Waals surface area contributed by atoms with E-state index in [0.717, 1.165) is 12.1 Å². The molecule has 114 valence electrons. The van der Waals surface area contributed by atoms with E-state index < -0.39 is 37.7 Å². The summed E-state index contributed by atoms with van der Waals surface area (Å²) in [6.07, 6.45) is -4.70. The molecule has 0 radical (unpaired) electrons. The smallest absolute Gasteiger partial charge is 0.208 e. The second kappa shape index (κ2) is 5.91. The molecule has 0 aliphatic heterocycles. The Morgan fingerprint density at radius 3 is 2.20 bits per heavy atom. The van der Waals surface area contributed by atoms with Crippen molar-refractivity contribution in [2.75, 3.05) is 0 Å². The van der Waals surface area contributed by atoms with Crippen molar-refractivity contribution in [1.82, 2.24) is 4.72 Å². The highest BCUT2D eigenvalue weighted by Gasteiger charge is 2.34. The maximum atomic E-state index is 12.7. The van der Waals surface area contributed by atoms with Crippen LogP contribution in [0.4, 0.5) is 13.2 Å². The highest BCUT2D eigenvalue weighted by molar-refractivity contribution is 7.89. The molecule has 0 bridgehead atoms. The van der Waals surface area contributed by atoms with Crippen LogP contribution in [0.5, 0.6) is 0 Å². The van der Waals surface area contributed by atoms with Gasteiger partial charge >= 0.3 is 6.18 Å². The second-order valence-electron chi connectivity index (χ2n) is 4.79. The maximum absolute atomic E-state index is 12.7. The molecule has 0 spiro atoms. The number of benzene rings is 1. The molecule has 8 heteroatoms. The normalized spacial score (nSPS) is 14.6. The highest BCUT2D eigenvalue weighted by Crippen LogP contribution is 2.35. The summed E-state index contributed by atoms with van der Waals surface area (Å²) in [5.74, 6) is 0.0131. The Bertz CT molecular complexity index is 585. The Labute approximate surface area is 121 Å². The zero-order valence-electron chi connectivity index (χ0n) is 11.1. The first-order valence-corrected chi connectivity index (χ1v) is 7.70. The molecule has 0 unspecified atom stereocenters. The third-order valence-corrected chi connectivity index (χ3v) is 4.78. The summed E-state index contributed by atoms with van der Waals surface area (Å²) in [5, 5.41) is -0.534. The highest BCUT2D eigenvalue weighted by atomic mass is 35.5. The van der Waals surface area contributed by atoms with Crippen LogP contribution in [0.3, 0.4) is 0 Å². The van der Waals surface area contributed by atoms with Crippen molar-refractivity contribution in [3.05, 3.63) is 28.8 Å². The molecular weight excluding hydrogens is 315 g/mol. The van der Waals surface area contributed by atoms with Crippen molar-refractivity contribution < 1.29 is 21.6 Å². The number of nitrogens with one attached hydrogen (secondary N) is 1. The molecule has 0 saturated heterocycles. The molecular formula is C12H15ClF3NO2S. The van der Waals surface area contributed by atoms with E-state index >= 15 is 0 Å². The molecule has 3 nitrogen and oxygen atoms in total. The molecule has 0 aromatic heterocycles. The van der Waals surface area contributed by atoms with Crippen LogP contribution in [-0.4, -0.2) is 14.5 Å². The second-order valence-corrected chi connectivity index (χ2v) is 6.91. The first-order valence-electron chi connectivity index (χ1n) is 5.84. The Morgan fingerprint density at radius 1 is 1.20 bits per heavy atom. The quantitative estimate of drug-likeness (QED) is 0.916. The average molecular weight is 330 g/mol. The summed E-state index contributed by atoms with van der Waals surface area (Å²) >= 11 is 5.45. The Balaban J connectivity index is 3.21. The fourth-order valence-electron chi connectivity index (χ4n) is 1.34. The summed E-state index contributed by atoms with van der Waals surface area (Å²) < 4.78 is 64.5. The van der Waals surface area contributed by atoms with E-state index in [0.29, 0.717) is 6.07 Å². The van der Waals surface area contributed by atoms with Crippen molar-refractivity contribution in [3.8, 4) is 0 Å². The van der Waals surface area contributed by atoms with Crippen molar-refractivity contribution in [3.63, 3.8) is 0 Å². The summed E-state index contributed by atoms with van der Waals surface area (Å²) in [6.45, 7) is 5.25. The minimum atomic E-state index is -4.70. The molecule has 0 aliphatic carbocycles. The standard InChI is InChI=1S/C12H15ClF3NO2S/c1-7(2)8(3)17-20(18,19)9-4-5-11(13)10(6-9)12(14,15)16/h4-8,17H,1-3H3/t8-/m0/s1. The molecule has 1 aromatic rings. The van der Waals surface area contributed by atoms with Crippen LogP contribution < -0.4 is 4.72 Å². The fourth-order valence-corrected chi connectivity index (χ4v) is 2.98. The van der Waals surface area contributed by atoms with Gasteiger partial charge in [-0.25, -0.2) is 13.1 Å². The predicted molar refractivity (Wildman–Crippen MR) is 71.1 cm³/mol. The Hall–Kier alpha value is -0.790. The number of sulfonamides is 1. The molecule has 1 rings (SSSR count). The van der Waals surface area contributed by atoms with Gasteiger partial charge in [0.15, 0.2) is 0 Å². The molecule has 0 aliphatic rings. The van der Waals surface area contributed by atoms with Gasteiger partial charge in [-0.1, -0.05) is 25.4 Å². The van der Waals surface area contributed by atoms with Gasteiger partial charge in [0.25, 0.3) is 0 Å². The van der Waals surface area contributed by atoms with Crippen LogP contribution in [0.15, 0.2) is 23.1 Å². The lowest BCUT2D eigenvalue weighted by Gasteiger charge is -2.18. The third kappa shape index (κ3) is 4.10. The summed E-state index contributed by atoms with van der Waals surface area (Å²) in [6, 6.07) is 2.12. The van der Waals surface area contributed by atoms with Gasteiger partial charge in [0.1, 0.15) is 0 Å². The topological polar surface area (TPSA) is 46.2 Å². The monoisotopic (exact) mass is 329 g/mol. The molecule has 1 aromatic carbocycles. The van der Waals surface area contributed by atoms with Crippen molar-refractivity contribution in [1.29, 1.82) is 0 Å².